The normalized spacial score (nSPS) is 12.4. The number of nitrogens with two attached hydrogens (primary N) is 1. The van der Waals surface area contributed by atoms with Crippen LogP contribution >= 0.6 is 11.6 Å². The molecule has 1 aromatic heterocycles. The summed E-state index contributed by atoms with van der Waals surface area (Å²) in [4.78, 5) is 0. The van der Waals surface area contributed by atoms with E-state index in [2.05, 4.69) is 10.2 Å². The maximum absolute atomic E-state index is 13.4. The largest absolute Gasteiger partial charge is 0.324 e. The topological polar surface area (TPSA) is 51.8 Å². The van der Waals surface area contributed by atoms with Gasteiger partial charge in [-0.15, -0.1) is 0 Å². The molecule has 0 saturated carbocycles. The van der Waals surface area contributed by atoms with Crippen molar-refractivity contribution in [3.8, 4) is 0 Å². The maximum atomic E-state index is 13.4. The van der Waals surface area contributed by atoms with Crippen molar-refractivity contribution in [3.63, 3.8) is 0 Å². The number of hydrogen-bond donors (Lipinski definition) is 1. The van der Waals surface area contributed by atoms with Gasteiger partial charge < -0.3 is 5.73 Å². The first kappa shape index (κ1) is 14.9. The number of hydrogen-bond acceptors (Lipinski definition) is 3. The van der Waals surface area contributed by atoms with Gasteiger partial charge in [-0.1, -0.05) is 24.6 Å². The van der Waals surface area contributed by atoms with E-state index in [-0.39, 0.29) is 11.1 Å². The van der Waals surface area contributed by atoms with E-state index in [0.717, 1.165) is 28.9 Å². The monoisotopic (exact) mass is 293 g/mol. The molecular weight excluding hydrogens is 277 g/mol. The Balaban J connectivity index is 2.25. The van der Waals surface area contributed by atoms with Crippen molar-refractivity contribution < 1.29 is 4.39 Å². The van der Waals surface area contributed by atoms with E-state index >= 15 is 0 Å². The quantitative estimate of drug-likeness (QED) is 0.940. The molecule has 3 nitrogen and oxygen atoms in total. The van der Waals surface area contributed by atoms with Gasteiger partial charge in [-0.25, -0.2) is 4.39 Å². The number of aryl methyl sites for hydroxylation is 2. The number of rotatable bonds is 4. The van der Waals surface area contributed by atoms with Crippen LogP contribution in [0.15, 0.2) is 24.3 Å². The molecule has 5 heteroatoms. The molecule has 2 N–H and O–H groups in total. The molecule has 0 aliphatic rings. The van der Waals surface area contributed by atoms with Gasteiger partial charge in [-0.3, -0.25) is 0 Å². The molecule has 1 aromatic carbocycles. The van der Waals surface area contributed by atoms with Gasteiger partial charge in [-0.2, -0.15) is 10.2 Å². The Hall–Kier alpha value is -1.52. The smallest absolute Gasteiger partial charge is 0.142 e. The van der Waals surface area contributed by atoms with E-state index in [1.54, 1.807) is 12.1 Å². The highest BCUT2D eigenvalue weighted by atomic mass is 35.5. The average Bonchev–Trinajstić information content (AvgIpc) is 2.43. The summed E-state index contributed by atoms with van der Waals surface area (Å²) in [5, 5.41) is 8.33. The highest BCUT2D eigenvalue weighted by molar-refractivity contribution is 6.30. The van der Waals surface area contributed by atoms with E-state index in [0.29, 0.717) is 6.42 Å². The fraction of sp³-hybridized carbons (Fsp3) is 0.333. The Morgan fingerprint density at radius 1 is 1.30 bits per heavy atom. The minimum absolute atomic E-state index is 0.123. The van der Waals surface area contributed by atoms with E-state index in [1.165, 1.54) is 6.07 Å². The van der Waals surface area contributed by atoms with E-state index in [1.807, 2.05) is 19.9 Å². The van der Waals surface area contributed by atoms with Gasteiger partial charge in [0.05, 0.1) is 16.4 Å². The van der Waals surface area contributed by atoms with Crippen molar-refractivity contribution in [1.29, 1.82) is 0 Å². The second-order valence-electron chi connectivity index (χ2n) is 4.80. The molecule has 2 rings (SSSR count). The van der Waals surface area contributed by atoms with Gasteiger partial charge in [0.1, 0.15) is 5.82 Å². The summed E-state index contributed by atoms with van der Waals surface area (Å²) in [6, 6.07) is 6.48. The summed E-state index contributed by atoms with van der Waals surface area (Å²) in [6.07, 6.45) is 1.30. The predicted octanol–water partition coefficient (Wildman–Crippen LogP) is 3.38. The lowest BCUT2D eigenvalue weighted by atomic mass is 9.97. The van der Waals surface area contributed by atoms with Crippen molar-refractivity contribution >= 4 is 11.6 Å². The second-order valence-corrected chi connectivity index (χ2v) is 5.21. The molecule has 20 heavy (non-hydrogen) atoms. The Morgan fingerprint density at radius 3 is 2.70 bits per heavy atom. The first-order chi connectivity index (χ1) is 9.51. The van der Waals surface area contributed by atoms with Crippen LogP contribution in [0.5, 0.6) is 0 Å². The minimum atomic E-state index is -0.420. The summed E-state index contributed by atoms with van der Waals surface area (Å²) in [7, 11) is 0. The summed E-state index contributed by atoms with van der Waals surface area (Å²) < 4.78 is 13.4. The van der Waals surface area contributed by atoms with Crippen LogP contribution in [0.3, 0.4) is 0 Å². The van der Waals surface area contributed by atoms with Gasteiger partial charge in [0.25, 0.3) is 0 Å². The van der Waals surface area contributed by atoms with Crippen LogP contribution in [-0.2, 0) is 12.8 Å². The van der Waals surface area contributed by atoms with E-state index in [4.69, 9.17) is 17.3 Å². The molecule has 2 aromatic rings. The van der Waals surface area contributed by atoms with E-state index in [9.17, 15) is 4.39 Å². The predicted molar refractivity (Wildman–Crippen MR) is 78.2 cm³/mol. The molecule has 0 aliphatic heterocycles. The summed E-state index contributed by atoms with van der Waals surface area (Å²) in [5.41, 5.74) is 9.74. The number of nitrogens with zero attached hydrogens (tertiary/aromatic N) is 2. The molecule has 0 spiro atoms. The molecular formula is C15H17ClFN3. The fourth-order valence-electron chi connectivity index (χ4n) is 2.16. The van der Waals surface area contributed by atoms with Crippen LogP contribution in [0.4, 0.5) is 4.39 Å². The van der Waals surface area contributed by atoms with Gasteiger partial charge in [0.15, 0.2) is 0 Å². The lowest BCUT2D eigenvalue weighted by molar-refractivity contribution is 0.621. The molecule has 0 saturated heterocycles. The highest BCUT2D eigenvalue weighted by Crippen LogP contribution is 2.22. The Morgan fingerprint density at radius 2 is 2.05 bits per heavy atom. The zero-order valence-corrected chi connectivity index (χ0v) is 12.3. The molecule has 1 heterocycles. The van der Waals surface area contributed by atoms with Crippen molar-refractivity contribution in [2.24, 2.45) is 5.73 Å². The van der Waals surface area contributed by atoms with Gasteiger partial charge in [-0.05, 0) is 49.1 Å². The zero-order chi connectivity index (χ0) is 14.7. The second kappa shape index (κ2) is 6.29. The molecule has 0 bridgehead atoms. The average molecular weight is 294 g/mol. The SMILES string of the molecule is CCc1nnc(C)cc1C(N)Cc1ccc(Cl)c(F)c1. The molecule has 106 valence electrons. The van der Waals surface area contributed by atoms with Crippen molar-refractivity contribution in [3.05, 3.63) is 57.6 Å². The number of aromatic nitrogens is 2. The van der Waals surface area contributed by atoms with Crippen LogP contribution in [0.1, 0.15) is 35.5 Å². The van der Waals surface area contributed by atoms with E-state index < -0.39 is 5.82 Å². The lowest BCUT2D eigenvalue weighted by Gasteiger charge is -2.15. The van der Waals surface area contributed by atoms with Crippen LogP contribution in [-0.4, -0.2) is 10.2 Å². The third-order valence-corrected chi connectivity index (χ3v) is 3.51. The first-order valence-corrected chi connectivity index (χ1v) is 6.91. The Labute approximate surface area is 123 Å². The molecule has 0 aliphatic carbocycles. The zero-order valence-electron chi connectivity index (χ0n) is 11.5. The highest BCUT2D eigenvalue weighted by Gasteiger charge is 2.14. The van der Waals surface area contributed by atoms with Crippen molar-refractivity contribution in [2.75, 3.05) is 0 Å². The molecule has 0 radical (unpaired) electrons. The molecule has 0 fully saturated rings. The summed E-state index contributed by atoms with van der Waals surface area (Å²) in [6.45, 7) is 3.89. The first-order valence-electron chi connectivity index (χ1n) is 6.54. The third kappa shape index (κ3) is 3.32. The van der Waals surface area contributed by atoms with Gasteiger partial charge in [0, 0.05) is 6.04 Å². The molecule has 1 unspecified atom stereocenters. The number of halogens is 2. The van der Waals surface area contributed by atoms with Crippen LogP contribution < -0.4 is 5.73 Å². The van der Waals surface area contributed by atoms with Crippen molar-refractivity contribution in [1.82, 2.24) is 10.2 Å². The van der Waals surface area contributed by atoms with Crippen LogP contribution in [0.2, 0.25) is 5.02 Å². The fourth-order valence-corrected chi connectivity index (χ4v) is 2.28. The molecule has 0 amide bonds. The summed E-state index contributed by atoms with van der Waals surface area (Å²) in [5.74, 6) is -0.420. The lowest BCUT2D eigenvalue weighted by Crippen LogP contribution is -2.17. The van der Waals surface area contributed by atoms with Crippen molar-refractivity contribution in [2.45, 2.75) is 32.7 Å². The maximum Gasteiger partial charge on any atom is 0.142 e. The Kier molecular flexibility index (Phi) is 4.68. The summed E-state index contributed by atoms with van der Waals surface area (Å²) >= 11 is 5.68. The Bertz CT molecular complexity index is 616. The third-order valence-electron chi connectivity index (χ3n) is 3.20. The number of benzene rings is 1. The van der Waals surface area contributed by atoms with Gasteiger partial charge in [0.2, 0.25) is 0 Å². The standard InChI is InChI=1S/C15H17ClFN3/c1-3-15-11(6-9(2)19-20-15)14(18)8-10-4-5-12(16)13(17)7-10/h4-7,14H,3,8,18H2,1-2H3. The molecule has 1 atom stereocenters. The minimum Gasteiger partial charge on any atom is -0.324 e. The van der Waals surface area contributed by atoms with Crippen LogP contribution in [0.25, 0.3) is 0 Å². The van der Waals surface area contributed by atoms with Gasteiger partial charge >= 0.3 is 0 Å². The van der Waals surface area contributed by atoms with Crippen LogP contribution in [0, 0.1) is 12.7 Å².